The number of alkyl halides is 1. The highest BCUT2D eigenvalue weighted by Gasteiger charge is 2.25. The number of carbonyl (C=O) groups is 2. The van der Waals surface area contributed by atoms with Crippen LogP contribution in [0.5, 0.6) is 0 Å². The Kier molecular flexibility index (Phi) is 5.43. The summed E-state index contributed by atoms with van der Waals surface area (Å²) in [6.45, 7) is 1.29. The highest BCUT2D eigenvalue weighted by molar-refractivity contribution is 9.10. The average molecular weight is 360 g/mol. The number of halogens is 2. The lowest BCUT2D eigenvalue weighted by atomic mass is 10.0. The first kappa shape index (κ1) is 15.3. The largest absolute Gasteiger partial charge is 0.352 e. The van der Waals surface area contributed by atoms with Crippen molar-refractivity contribution in [2.45, 2.75) is 18.9 Å². The van der Waals surface area contributed by atoms with E-state index in [9.17, 15) is 9.59 Å². The van der Waals surface area contributed by atoms with E-state index >= 15 is 0 Å². The minimum atomic E-state index is -0.151. The lowest BCUT2D eigenvalue weighted by molar-refractivity contribution is -0.119. The van der Waals surface area contributed by atoms with Crippen molar-refractivity contribution in [1.82, 2.24) is 10.2 Å². The molecule has 1 aromatic carbocycles. The van der Waals surface area contributed by atoms with Crippen LogP contribution in [0.2, 0.25) is 0 Å². The van der Waals surface area contributed by atoms with E-state index in [4.69, 9.17) is 11.6 Å². The zero-order valence-electron chi connectivity index (χ0n) is 10.9. The normalized spacial score (nSPS) is 16.0. The smallest absolute Gasteiger partial charge is 0.254 e. The number of rotatable bonds is 3. The minimum absolute atomic E-state index is 0.0178. The lowest BCUT2D eigenvalue weighted by Gasteiger charge is -2.32. The molecule has 4 nitrogen and oxygen atoms in total. The predicted octanol–water partition coefficient (Wildman–Crippen LogP) is 2.41. The van der Waals surface area contributed by atoms with Crippen LogP contribution in [0.3, 0.4) is 0 Å². The molecule has 2 rings (SSSR count). The second-order valence-corrected chi connectivity index (χ2v) is 5.87. The van der Waals surface area contributed by atoms with Gasteiger partial charge in [-0.3, -0.25) is 9.59 Å². The van der Waals surface area contributed by atoms with Gasteiger partial charge in [0.2, 0.25) is 5.91 Å². The summed E-state index contributed by atoms with van der Waals surface area (Å²) in [5, 5.41) is 2.86. The highest BCUT2D eigenvalue weighted by atomic mass is 79.9. The Labute approximate surface area is 131 Å². The zero-order valence-corrected chi connectivity index (χ0v) is 13.3. The van der Waals surface area contributed by atoms with Crippen LogP contribution in [0.15, 0.2) is 28.7 Å². The Hall–Kier alpha value is -1.07. The number of nitrogens with zero attached hydrogens (tertiary/aromatic N) is 1. The second kappa shape index (κ2) is 7.09. The molecule has 0 spiro atoms. The molecule has 0 atom stereocenters. The number of hydrogen-bond acceptors (Lipinski definition) is 2. The zero-order chi connectivity index (χ0) is 14.5. The van der Waals surface area contributed by atoms with Crippen LogP contribution < -0.4 is 5.32 Å². The van der Waals surface area contributed by atoms with Crippen LogP contribution in [0.1, 0.15) is 23.2 Å². The third-order valence-corrected chi connectivity index (χ3v) is 4.31. The topological polar surface area (TPSA) is 49.4 Å². The monoisotopic (exact) mass is 358 g/mol. The third kappa shape index (κ3) is 3.73. The first-order valence-corrected chi connectivity index (χ1v) is 7.83. The molecule has 1 aliphatic rings. The van der Waals surface area contributed by atoms with Crippen molar-refractivity contribution in [3.05, 3.63) is 34.3 Å². The molecule has 20 heavy (non-hydrogen) atoms. The second-order valence-electron chi connectivity index (χ2n) is 4.75. The van der Waals surface area contributed by atoms with Gasteiger partial charge in [-0.15, -0.1) is 11.6 Å². The van der Waals surface area contributed by atoms with Crippen LogP contribution in [-0.2, 0) is 4.79 Å². The number of piperidine rings is 1. The number of likely N-dealkylation sites (tertiary alicyclic amines) is 1. The maximum atomic E-state index is 12.4. The summed E-state index contributed by atoms with van der Waals surface area (Å²) in [4.78, 5) is 25.4. The van der Waals surface area contributed by atoms with Crippen LogP contribution in [-0.4, -0.2) is 41.7 Å². The Morgan fingerprint density at radius 2 is 1.95 bits per heavy atom. The van der Waals surface area contributed by atoms with Crippen molar-refractivity contribution in [3.63, 3.8) is 0 Å². The van der Waals surface area contributed by atoms with Crippen molar-refractivity contribution in [2.75, 3.05) is 19.0 Å². The van der Waals surface area contributed by atoms with Gasteiger partial charge in [0.1, 0.15) is 5.88 Å². The third-order valence-electron chi connectivity index (χ3n) is 3.37. The van der Waals surface area contributed by atoms with Crippen molar-refractivity contribution >= 4 is 39.3 Å². The number of carbonyl (C=O) groups excluding carboxylic acids is 2. The Bertz CT molecular complexity index is 502. The van der Waals surface area contributed by atoms with E-state index in [2.05, 4.69) is 21.2 Å². The molecule has 1 heterocycles. The molecular formula is C14H16BrClN2O2. The molecule has 0 saturated carbocycles. The fourth-order valence-corrected chi connectivity index (χ4v) is 2.83. The van der Waals surface area contributed by atoms with Gasteiger partial charge in [0.15, 0.2) is 0 Å². The van der Waals surface area contributed by atoms with Crippen molar-refractivity contribution in [3.8, 4) is 0 Å². The fourth-order valence-electron chi connectivity index (χ4n) is 2.30. The lowest BCUT2D eigenvalue weighted by Crippen LogP contribution is -2.46. The molecule has 1 N–H and O–H groups in total. The van der Waals surface area contributed by atoms with E-state index in [0.717, 1.165) is 17.3 Å². The summed E-state index contributed by atoms with van der Waals surface area (Å²) in [7, 11) is 0. The average Bonchev–Trinajstić information content (AvgIpc) is 2.47. The molecule has 0 unspecified atom stereocenters. The number of nitrogens with one attached hydrogen (secondary N) is 1. The predicted molar refractivity (Wildman–Crippen MR) is 81.9 cm³/mol. The Morgan fingerprint density at radius 3 is 2.55 bits per heavy atom. The van der Waals surface area contributed by atoms with Crippen molar-refractivity contribution in [2.24, 2.45) is 0 Å². The van der Waals surface area contributed by atoms with Crippen molar-refractivity contribution < 1.29 is 9.59 Å². The molecular weight excluding hydrogens is 344 g/mol. The number of benzene rings is 1. The van der Waals surface area contributed by atoms with E-state index < -0.39 is 0 Å². The Balaban J connectivity index is 1.92. The molecule has 1 aromatic rings. The maximum Gasteiger partial charge on any atom is 0.254 e. The molecule has 1 aliphatic heterocycles. The van der Waals surface area contributed by atoms with E-state index in [-0.39, 0.29) is 23.7 Å². The molecule has 1 saturated heterocycles. The van der Waals surface area contributed by atoms with Gasteiger partial charge in [-0.25, -0.2) is 0 Å². The first-order valence-electron chi connectivity index (χ1n) is 6.51. The molecule has 6 heteroatoms. The van der Waals surface area contributed by atoms with E-state index in [1.54, 1.807) is 0 Å². The van der Waals surface area contributed by atoms with Gasteiger partial charge in [0.25, 0.3) is 5.91 Å². The maximum absolute atomic E-state index is 12.4. The Morgan fingerprint density at radius 1 is 1.30 bits per heavy atom. The summed E-state index contributed by atoms with van der Waals surface area (Å²) in [5.41, 5.74) is 0.677. The van der Waals surface area contributed by atoms with Gasteiger partial charge >= 0.3 is 0 Å². The van der Waals surface area contributed by atoms with Crippen LogP contribution in [0.4, 0.5) is 0 Å². The number of hydrogen-bond donors (Lipinski definition) is 1. The van der Waals surface area contributed by atoms with Crippen LogP contribution in [0.25, 0.3) is 0 Å². The summed E-state index contributed by atoms with van der Waals surface area (Å²) in [6.07, 6.45) is 1.53. The minimum Gasteiger partial charge on any atom is -0.352 e. The quantitative estimate of drug-likeness (QED) is 0.843. The molecule has 0 aliphatic carbocycles. The van der Waals surface area contributed by atoms with Gasteiger partial charge in [0, 0.05) is 23.6 Å². The van der Waals surface area contributed by atoms with Crippen LogP contribution in [0, 0.1) is 0 Å². The van der Waals surface area contributed by atoms with Gasteiger partial charge < -0.3 is 10.2 Å². The first-order chi connectivity index (χ1) is 9.61. The van der Waals surface area contributed by atoms with Crippen molar-refractivity contribution in [1.29, 1.82) is 0 Å². The molecule has 0 aromatic heterocycles. The van der Waals surface area contributed by atoms with E-state index in [0.29, 0.717) is 18.7 Å². The summed E-state index contributed by atoms with van der Waals surface area (Å²) in [6, 6.07) is 7.53. The molecule has 0 bridgehead atoms. The summed E-state index contributed by atoms with van der Waals surface area (Å²) < 4.78 is 0.808. The van der Waals surface area contributed by atoms with Crippen LogP contribution >= 0.6 is 27.5 Å². The summed E-state index contributed by atoms with van der Waals surface area (Å²) >= 11 is 8.86. The van der Waals surface area contributed by atoms with E-state index in [1.807, 2.05) is 29.2 Å². The molecule has 2 amide bonds. The highest BCUT2D eigenvalue weighted by Crippen LogP contribution is 2.20. The van der Waals surface area contributed by atoms with Gasteiger partial charge in [-0.2, -0.15) is 0 Å². The SMILES string of the molecule is O=C(CCl)NC1CCN(C(=O)c2ccccc2Br)CC1. The fraction of sp³-hybridized carbons (Fsp3) is 0.429. The van der Waals surface area contributed by atoms with Gasteiger partial charge in [-0.05, 0) is 40.9 Å². The number of amides is 2. The summed E-state index contributed by atoms with van der Waals surface area (Å²) in [5.74, 6) is -0.141. The molecule has 0 radical (unpaired) electrons. The molecule has 1 fully saturated rings. The van der Waals surface area contributed by atoms with Gasteiger partial charge in [0.05, 0.1) is 5.56 Å². The van der Waals surface area contributed by atoms with Gasteiger partial charge in [-0.1, -0.05) is 12.1 Å². The standard InChI is InChI=1S/C14H16BrClN2O2/c15-12-4-2-1-3-11(12)14(20)18-7-5-10(6-8-18)17-13(19)9-16/h1-4,10H,5-9H2,(H,17,19). The molecule has 108 valence electrons. The van der Waals surface area contributed by atoms with E-state index in [1.165, 1.54) is 0 Å².